The lowest BCUT2D eigenvalue weighted by molar-refractivity contribution is -0.857. The molecule has 0 radical (unpaired) electrons. The molecule has 0 spiro atoms. The number of hydrogen-bond acceptors (Lipinski definition) is 2. The highest BCUT2D eigenvalue weighted by atomic mass is 16.5. The van der Waals surface area contributed by atoms with Crippen LogP contribution in [0.5, 0.6) is 0 Å². The van der Waals surface area contributed by atoms with Crippen LogP contribution in [-0.4, -0.2) is 19.0 Å². The summed E-state index contributed by atoms with van der Waals surface area (Å²) in [5.74, 6) is -0.257. The summed E-state index contributed by atoms with van der Waals surface area (Å²) in [6, 6.07) is 0. The number of piperidine rings is 1. The molecule has 64 valence electrons. The molecule has 1 fully saturated rings. The van der Waals surface area contributed by atoms with Crippen molar-refractivity contribution in [1.82, 2.24) is 0 Å². The van der Waals surface area contributed by atoms with Gasteiger partial charge in [0.15, 0.2) is 0 Å². The van der Waals surface area contributed by atoms with Crippen molar-refractivity contribution < 1.29 is 9.86 Å². The predicted molar refractivity (Wildman–Crippen MR) is 40.5 cm³/mol. The Morgan fingerprint density at radius 3 is 2.82 bits per heavy atom. The highest BCUT2D eigenvalue weighted by Gasteiger charge is 2.29. The van der Waals surface area contributed by atoms with Crippen LogP contribution in [0, 0.1) is 17.0 Å². The van der Waals surface area contributed by atoms with Crippen molar-refractivity contribution in [1.29, 1.82) is 0 Å². The van der Waals surface area contributed by atoms with E-state index in [0.29, 0.717) is 13.1 Å². The van der Waals surface area contributed by atoms with Gasteiger partial charge in [0.2, 0.25) is 5.91 Å². The van der Waals surface area contributed by atoms with Crippen molar-refractivity contribution in [3.05, 3.63) is 5.21 Å². The number of rotatable bonds is 1. The van der Waals surface area contributed by atoms with E-state index in [1.165, 1.54) is 0 Å². The standard InChI is InChI=1S/C7H14N2O2/c1-5-2-3-9(11)4-6(5)7(8)10/h5-6,9H,2-4H2,1H3,(H2,8,10). The second-order valence-corrected chi connectivity index (χ2v) is 3.27. The van der Waals surface area contributed by atoms with Crippen molar-refractivity contribution in [2.24, 2.45) is 17.6 Å². The van der Waals surface area contributed by atoms with E-state index in [2.05, 4.69) is 0 Å². The van der Waals surface area contributed by atoms with Crippen molar-refractivity contribution in [3.8, 4) is 0 Å². The van der Waals surface area contributed by atoms with E-state index in [-0.39, 0.29) is 22.8 Å². The van der Waals surface area contributed by atoms with E-state index in [1.807, 2.05) is 6.92 Å². The molecule has 3 atom stereocenters. The molecule has 0 aliphatic carbocycles. The van der Waals surface area contributed by atoms with Gasteiger partial charge in [-0.15, -0.1) is 0 Å². The zero-order chi connectivity index (χ0) is 8.43. The van der Waals surface area contributed by atoms with Gasteiger partial charge in [0.1, 0.15) is 0 Å². The molecule has 0 saturated carbocycles. The number of hydrogen-bond donors (Lipinski definition) is 2. The quantitative estimate of drug-likeness (QED) is 0.456. The number of primary amides is 1. The molecule has 1 aliphatic rings. The third kappa shape index (κ3) is 1.91. The zero-order valence-corrected chi connectivity index (χ0v) is 6.67. The van der Waals surface area contributed by atoms with Gasteiger partial charge >= 0.3 is 0 Å². The highest BCUT2D eigenvalue weighted by Crippen LogP contribution is 2.15. The van der Waals surface area contributed by atoms with Gasteiger partial charge in [0.05, 0.1) is 19.0 Å². The van der Waals surface area contributed by atoms with Gasteiger partial charge in [0, 0.05) is 6.42 Å². The number of amides is 1. The lowest BCUT2D eigenvalue weighted by Gasteiger charge is -2.34. The first-order valence-corrected chi connectivity index (χ1v) is 3.92. The molecule has 3 unspecified atom stereocenters. The van der Waals surface area contributed by atoms with Crippen molar-refractivity contribution >= 4 is 5.91 Å². The van der Waals surface area contributed by atoms with Gasteiger partial charge < -0.3 is 16.0 Å². The molecule has 0 aromatic rings. The molecule has 1 aliphatic heterocycles. The number of hydroxylamine groups is 2. The highest BCUT2D eigenvalue weighted by molar-refractivity contribution is 5.77. The maximum Gasteiger partial charge on any atom is 0.226 e. The molecule has 1 heterocycles. The topological polar surface area (TPSA) is 70.6 Å². The number of carbonyl (C=O) groups is 1. The number of quaternary nitrogens is 1. The third-order valence-corrected chi connectivity index (χ3v) is 2.38. The van der Waals surface area contributed by atoms with Crippen LogP contribution in [0.4, 0.5) is 0 Å². The smallest absolute Gasteiger partial charge is 0.226 e. The monoisotopic (exact) mass is 158 g/mol. The zero-order valence-electron chi connectivity index (χ0n) is 6.67. The molecule has 1 amide bonds. The number of nitrogens with one attached hydrogen (secondary N) is 1. The van der Waals surface area contributed by atoms with Gasteiger partial charge in [-0.3, -0.25) is 4.79 Å². The van der Waals surface area contributed by atoms with Crippen molar-refractivity contribution in [2.45, 2.75) is 13.3 Å². The Hall–Kier alpha value is -0.610. The number of carbonyl (C=O) groups excluding carboxylic acids is 1. The molecule has 1 saturated heterocycles. The molecule has 3 N–H and O–H groups in total. The fourth-order valence-electron chi connectivity index (χ4n) is 1.52. The van der Waals surface area contributed by atoms with Crippen LogP contribution in [0.15, 0.2) is 0 Å². The fraction of sp³-hybridized carbons (Fsp3) is 0.857. The molecule has 4 heteroatoms. The van der Waals surface area contributed by atoms with Gasteiger partial charge in [-0.2, -0.15) is 0 Å². The minimum Gasteiger partial charge on any atom is -0.634 e. The molecular weight excluding hydrogens is 144 g/mol. The minimum absolute atomic E-state index is 0.173. The van der Waals surface area contributed by atoms with E-state index in [0.717, 1.165) is 6.42 Å². The Morgan fingerprint density at radius 2 is 2.36 bits per heavy atom. The molecular formula is C7H14N2O2. The Balaban J connectivity index is 2.54. The van der Waals surface area contributed by atoms with E-state index < -0.39 is 0 Å². The summed E-state index contributed by atoms with van der Waals surface area (Å²) >= 11 is 0. The Kier molecular flexibility index (Phi) is 2.46. The molecule has 0 aromatic heterocycles. The molecule has 0 bridgehead atoms. The van der Waals surface area contributed by atoms with Gasteiger partial charge in [-0.1, -0.05) is 6.92 Å². The molecule has 1 rings (SSSR count). The second-order valence-electron chi connectivity index (χ2n) is 3.27. The maximum atomic E-state index is 10.9. The van der Waals surface area contributed by atoms with Crippen LogP contribution in [0.25, 0.3) is 0 Å². The van der Waals surface area contributed by atoms with Crippen LogP contribution in [0.1, 0.15) is 13.3 Å². The van der Waals surface area contributed by atoms with Gasteiger partial charge in [0.25, 0.3) is 0 Å². The van der Waals surface area contributed by atoms with Crippen molar-refractivity contribution in [3.63, 3.8) is 0 Å². The fourth-order valence-corrected chi connectivity index (χ4v) is 1.52. The lowest BCUT2D eigenvalue weighted by atomic mass is 9.87. The average molecular weight is 158 g/mol. The van der Waals surface area contributed by atoms with Crippen LogP contribution in [-0.2, 0) is 4.79 Å². The largest absolute Gasteiger partial charge is 0.634 e. The van der Waals surface area contributed by atoms with Crippen LogP contribution in [0.2, 0.25) is 0 Å². The summed E-state index contributed by atoms with van der Waals surface area (Å²) in [4.78, 5) is 10.8. The van der Waals surface area contributed by atoms with Crippen LogP contribution in [0.3, 0.4) is 0 Å². The van der Waals surface area contributed by atoms with Crippen LogP contribution >= 0.6 is 0 Å². The molecule has 11 heavy (non-hydrogen) atoms. The predicted octanol–water partition coefficient (Wildman–Crippen LogP) is -1.49. The van der Waals surface area contributed by atoms with E-state index in [4.69, 9.17) is 5.73 Å². The summed E-state index contributed by atoms with van der Waals surface area (Å²) in [5, 5.41) is 11.1. The first-order chi connectivity index (χ1) is 5.11. The summed E-state index contributed by atoms with van der Waals surface area (Å²) in [7, 11) is 0. The minimum atomic E-state index is -0.328. The first-order valence-electron chi connectivity index (χ1n) is 3.92. The summed E-state index contributed by atoms with van der Waals surface area (Å²) in [5.41, 5.74) is 5.13. The maximum absolute atomic E-state index is 10.9. The van der Waals surface area contributed by atoms with E-state index >= 15 is 0 Å². The van der Waals surface area contributed by atoms with Crippen molar-refractivity contribution in [2.75, 3.05) is 13.1 Å². The van der Waals surface area contributed by atoms with Gasteiger partial charge in [-0.25, -0.2) is 0 Å². The summed E-state index contributed by atoms with van der Waals surface area (Å²) < 4.78 is 0. The lowest BCUT2D eigenvalue weighted by Crippen LogP contribution is -3.09. The second kappa shape index (κ2) is 3.19. The molecule has 4 nitrogen and oxygen atoms in total. The normalized spacial score (nSPS) is 38.5. The van der Waals surface area contributed by atoms with Crippen LogP contribution < -0.4 is 10.8 Å². The van der Waals surface area contributed by atoms with Gasteiger partial charge in [-0.05, 0) is 5.92 Å². The Labute approximate surface area is 65.9 Å². The summed E-state index contributed by atoms with van der Waals surface area (Å²) in [6.45, 7) is 2.95. The Morgan fingerprint density at radius 1 is 1.73 bits per heavy atom. The van der Waals surface area contributed by atoms with E-state index in [9.17, 15) is 10.0 Å². The average Bonchev–Trinajstić information content (AvgIpc) is 1.94. The molecule has 0 aromatic carbocycles. The SMILES string of the molecule is CC1CC[NH+]([O-])CC1C(N)=O. The summed E-state index contributed by atoms with van der Waals surface area (Å²) in [6.07, 6.45) is 0.812. The Bertz CT molecular complexity index is 161. The van der Waals surface area contributed by atoms with E-state index in [1.54, 1.807) is 0 Å². The number of nitrogens with two attached hydrogens (primary N) is 1. The first kappa shape index (κ1) is 8.49. The third-order valence-electron chi connectivity index (χ3n) is 2.38.